The van der Waals surface area contributed by atoms with E-state index in [1.54, 1.807) is 24.3 Å². The van der Waals surface area contributed by atoms with Crippen molar-refractivity contribution in [1.82, 2.24) is 5.32 Å². The third-order valence-electron chi connectivity index (χ3n) is 4.08. The van der Waals surface area contributed by atoms with Crippen LogP contribution in [0.5, 0.6) is 0 Å². The summed E-state index contributed by atoms with van der Waals surface area (Å²) >= 11 is 0. The van der Waals surface area contributed by atoms with Gasteiger partial charge in [-0.15, -0.1) is 0 Å². The van der Waals surface area contributed by atoms with E-state index in [4.69, 9.17) is 5.73 Å². The van der Waals surface area contributed by atoms with Crippen molar-refractivity contribution in [1.29, 1.82) is 0 Å². The van der Waals surface area contributed by atoms with Crippen LogP contribution in [0.15, 0.2) is 24.3 Å². The van der Waals surface area contributed by atoms with Gasteiger partial charge in [-0.2, -0.15) is 0 Å². The van der Waals surface area contributed by atoms with Gasteiger partial charge in [0.2, 0.25) is 0 Å². The fraction of sp³-hybridized carbons (Fsp3) is 0.500. The molecule has 4 nitrogen and oxygen atoms in total. The molecule has 0 spiro atoms. The summed E-state index contributed by atoms with van der Waals surface area (Å²) in [5, 5.41) is 3.08. The quantitative estimate of drug-likeness (QED) is 0.826. The van der Waals surface area contributed by atoms with Crippen molar-refractivity contribution < 1.29 is 9.59 Å². The standard InChI is InChI=1S/C16H22N2O2/c1-11(19)12-6-8-13(9-7-12)16(20)18-15-5-3-2-4-14(15)10-17/h6-9,14-15H,2-5,10,17H2,1H3,(H,18,20). The topological polar surface area (TPSA) is 72.2 Å². The highest BCUT2D eigenvalue weighted by Gasteiger charge is 2.25. The van der Waals surface area contributed by atoms with Gasteiger partial charge in [-0.05, 0) is 44.4 Å². The Morgan fingerprint density at radius 3 is 2.35 bits per heavy atom. The molecule has 1 aromatic rings. The Labute approximate surface area is 119 Å². The van der Waals surface area contributed by atoms with E-state index in [-0.39, 0.29) is 17.7 Å². The number of benzene rings is 1. The lowest BCUT2D eigenvalue weighted by atomic mass is 9.84. The van der Waals surface area contributed by atoms with Gasteiger partial charge in [-0.25, -0.2) is 0 Å². The minimum absolute atomic E-state index is 0.00688. The van der Waals surface area contributed by atoms with Crippen LogP contribution in [0.2, 0.25) is 0 Å². The van der Waals surface area contributed by atoms with Crippen molar-refractivity contribution >= 4 is 11.7 Å². The minimum Gasteiger partial charge on any atom is -0.349 e. The molecule has 108 valence electrons. The summed E-state index contributed by atoms with van der Waals surface area (Å²) in [4.78, 5) is 23.4. The third kappa shape index (κ3) is 3.45. The highest BCUT2D eigenvalue weighted by atomic mass is 16.1. The smallest absolute Gasteiger partial charge is 0.251 e. The number of nitrogens with one attached hydrogen (secondary N) is 1. The molecule has 1 saturated carbocycles. The highest BCUT2D eigenvalue weighted by Crippen LogP contribution is 2.23. The van der Waals surface area contributed by atoms with Crippen LogP contribution in [0.4, 0.5) is 0 Å². The summed E-state index contributed by atoms with van der Waals surface area (Å²) in [5.41, 5.74) is 6.99. The van der Waals surface area contributed by atoms with Crippen LogP contribution in [0, 0.1) is 5.92 Å². The molecule has 2 atom stereocenters. The minimum atomic E-state index is -0.0783. The summed E-state index contributed by atoms with van der Waals surface area (Å²) in [6.07, 6.45) is 4.43. The number of amides is 1. The fourth-order valence-corrected chi connectivity index (χ4v) is 2.79. The zero-order valence-electron chi connectivity index (χ0n) is 11.9. The van der Waals surface area contributed by atoms with Gasteiger partial charge >= 0.3 is 0 Å². The second-order valence-electron chi connectivity index (χ2n) is 5.49. The number of rotatable bonds is 4. The Kier molecular flexibility index (Phi) is 4.90. The predicted molar refractivity (Wildman–Crippen MR) is 78.7 cm³/mol. The molecular weight excluding hydrogens is 252 g/mol. The maximum atomic E-state index is 12.2. The molecule has 20 heavy (non-hydrogen) atoms. The van der Waals surface area contributed by atoms with Gasteiger partial charge in [-0.1, -0.05) is 25.0 Å². The largest absolute Gasteiger partial charge is 0.349 e. The van der Waals surface area contributed by atoms with Gasteiger partial charge in [0.05, 0.1) is 0 Å². The molecule has 0 radical (unpaired) electrons. The summed E-state index contributed by atoms with van der Waals surface area (Å²) in [6.45, 7) is 2.14. The molecule has 2 unspecified atom stereocenters. The van der Waals surface area contributed by atoms with Crippen molar-refractivity contribution in [3.63, 3.8) is 0 Å². The van der Waals surface area contributed by atoms with Gasteiger partial charge in [0.25, 0.3) is 5.91 Å². The Hall–Kier alpha value is -1.68. The van der Waals surface area contributed by atoms with Crippen molar-refractivity contribution in [2.75, 3.05) is 6.54 Å². The molecule has 1 amide bonds. The zero-order valence-corrected chi connectivity index (χ0v) is 11.9. The second kappa shape index (κ2) is 6.66. The lowest BCUT2D eigenvalue weighted by Crippen LogP contribution is -2.44. The van der Waals surface area contributed by atoms with Crippen molar-refractivity contribution in [2.45, 2.75) is 38.6 Å². The van der Waals surface area contributed by atoms with Crippen LogP contribution in [-0.4, -0.2) is 24.3 Å². The van der Waals surface area contributed by atoms with E-state index in [1.807, 2.05) is 0 Å². The summed E-state index contributed by atoms with van der Waals surface area (Å²) < 4.78 is 0. The summed E-state index contributed by atoms with van der Waals surface area (Å²) in [6, 6.07) is 6.96. The first-order valence-corrected chi connectivity index (χ1v) is 7.23. The third-order valence-corrected chi connectivity index (χ3v) is 4.08. The molecule has 0 aliphatic heterocycles. The van der Waals surface area contributed by atoms with E-state index >= 15 is 0 Å². The van der Waals surface area contributed by atoms with Crippen LogP contribution in [-0.2, 0) is 0 Å². The van der Waals surface area contributed by atoms with Crippen LogP contribution >= 0.6 is 0 Å². The Morgan fingerprint density at radius 2 is 1.75 bits per heavy atom. The normalized spacial score (nSPS) is 22.3. The van der Waals surface area contributed by atoms with Crippen molar-refractivity contribution in [3.05, 3.63) is 35.4 Å². The van der Waals surface area contributed by atoms with E-state index in [9.17, 15) is 9.59 Å². The van der Waals surface area contributed by atoms with Gasteiger partial charge in [0.15, 0.2) is 5.78 Å². The molecule has 2 rings (SSSR count). The molecule has 3 N–H and O–H groups in total. The maximum Gasteiger partial charge on any atom is 0.251 e. The average molecular weight is 274 g/mol. The molecule has 4 heteroatoms. The first-order valence-electron chi connectivity index (χ1n) is 7.23. The SMILES string of the molecule is CC(=O)c1ccc(C(=O)NC2CCCCC2CN)cc1. The zero-order chi connectivity index (χ0) is 14.5. The number of carbonyl (C=O) groups is 2. The molecule has 0 aromatic heterocycles. The molecule has 0 saturated heterocycles. The molecule has 1 aromatic carbocycles. The van der Waals surface area contributed by atoms with Gasteiger partial charge in [0.1, 0.15) is 0 Å². The van der Waals surface area contributed by atoms with E-state index in [2.05, 4.69) is 5.32 Å². The lowest BCUT2D eigenvalue weighted by Gasteiger charge is -2.31. The molecule has 0 bridgehead atoms. The average Bonchev–Trinajstić information content (AvgIpc) is 2.48. The number of Topliss-reactive ketones (excluding diaryl/α,β-unsaturated/α-hetero) is 1. The van der Waals surface area contributed by atoms with E-state index in [1.165, 1.54) is 13.3 Å². The lowest BCUT2D eigenvalue weighted by molar-refractivity contribution is 0.0906. The van der Waals surface area contributed by atoms with Crippen LogP contribution < -0.4 is 11.1 Å². The number of ketones is 1. The second-order valence-corrected chi connectivity index (χ2v) is 5.49. The van der Waals surface area contributed by atoms with E-state index in [0.717, 1.165) is 19.3 Å². The number of hydrogen-bond donors (Lipinski definition) is 2. The van der Waals surface area contributed by atoms with Crippen LogP contribution in [0.25, 0.3) is 0 Å². The van der Waals surface area contributed by atoms with Gasteiger partial charge in [0, 0.05) is 17.2 Å². The Bertz CT molecular complexity index is 482. The maximum absolute atomic E-state index is 12.2. The molecule has 1 fully saturated rings. The predicted octanol–water partition coefficient (Wildman–Crippen LogP) is 2.14. The summed E-state index contributed by atoms with van der Waals surface area (Å²) in [7, 11) is 0. The summed E-state index contributed by atoms with van der Waals surface area (Å²) in [5.74, 6) is 0.307. The monoisotopic (exact) mass is 274 g/mol. The fourth-order valence-electron chi connectivity index (χ4n) is 2.79. The Balaban J connectivity index is 2.01. The van der Waals surface area contributed by atoms with Gasteiger partial charge < -0.3 is 11.1 Å². The van der Waals surface area contributed by atoms with Crippen molar-refractivity contribution in [3.8, 4) is 0 Å². The molecular formula is C16H22N2O2. The van der Waals surface area contributed by atoms with Gasteiger partial charge in [-0.3, -0.25) is 9.59 Å². The van der Waals surface area contributed by atoms with Crippen molar-refractivity contribution in [2.24, 2.45) is 11.7 Å². The molecule has 1 aliphatic carbocycles. The van der Waals surface area contributed by atoms with Crippen LogP contribution in [0.1, 0.15) is 53.3 Å². The first-order chi connectivity index (χ1) is 9.61. The van der Waals surface area contributed by atoms with E-state index in [0.29, 0.717) is 23.6 Å². The number of carbonyl (C=O) groups excluding carboxylic acids is 2. The van der Waals surface area contributed by atoms with E-state index < -0.39 is 0 Å². The number of nitrogens with two attached hydrogens (primary N) is 1. The molecule has 0 heterocycles. The number of hydrogen-bond acceptors (Lipinski definition) is 3. The first kappa shape index (κ1) is 14.7. The highest BCUT2D eigenvalue weighted by molar-refractivity contribution is 5.97. The van der Waals surface area contributed by atoms with Crippen LogP contribution in [0.3, 0.4) is 0 Å². The molecule has 1 aliphatic rings. The Morgan fingerprint density at radius 1 is 1.15 bits per heavy atom.